The van der Waals surface area contributed by atoms with Crippen LogP contribution in [0.25, 0.3) is 10.4 Å². The summed E-state index contributed by atoms with van der Waals surface area (Å²) in [6, 6.07) is 10.6. The van der Waals surface area contributed by atoms with Crippen LogP contribution in [0, 0.1) is 10.1 Å². The Morgan fingerprint density at radius 1 is 1.24 bits per heavy atom. The Labute approximate surface area is 127 Å². The van der Waals surface area contributed by atoms with Gasteiger partial charge in [-0.2, -0.15) is 0 Å². The first-order valence-corrected chi connectivity index (χ1v) is 7.42. The lowest BCUT2D eigenvalue weighted by Gasteiger charge is -2.22. The molecule has 1 aromatic carbocycles. The third kappa shape index (κ3) is 4.10. The summed E-state index contributed by atoms with van der Waals surface area (Å²) in [5.41, 5.74) is 0.762. The Morgan fingerprint density at radius 3 is 2.48 bits per heavy atom. The van der Waals surface area contributed by atoms with Gasteiger partial charge >= 0.3 is 0 Å². The molecule has 0 saturated carbocycles. The number of hydrogen-bond acceptors (Lipinski definition) is 5. The minimum atomic E-state index is -0.398. The molecule has 0 amide bonds. The maximum Gasteiger partial charge on any atom is 0.269 e. The fourth-order valence-electron chi connectivity index (χ4n) is 1.76. The van der Waals surface area contributed by atoms with Gasteiger partial charge in [-0.15, -0.1) is 11.3 Å². The molecule has 0 aliphatic carbocycles. The largest absolute Gasteiger partial charge is 0.394 e. The number of aliphatic hydroxyl groups excluding tert-OH is 1. The number of rotatable bonds is 6. The number of nitrogens with zero attached hydrogens (tertiary/aromatic N) is 1. The lowest BCUT2D eigenvalue weighted by Crippen LogP contribution is -2.41. The zero-order valence-electron chi connectivity index (χ0n) is 12.0. The molecule has 2 rings (SSSR count). The Kier molecular flexibility index (Phi) is 4.72. The van der Waals surface area contributed by atoms with Gasteiger partial charge in [0, 0.05) is 34.0 Å². The van der Waals surface area contributed by atoms with Crippen molar-refractivity contribution in [2.45, 2.75) is 25.9 Å². The third-order valence-electron chi connectivity index (χ3n) is 3.16. The number of nitro benzene ring substituents is 1. The molecule has 0 radical (unpaired) electrons. The molecule has 1 heterocycles. The van der Waals surface area contributed by atoms with E-state index in [4.69, 9.17) is 0 Å². The maximum absolute atomic E-state index is 10.6. The van der Waals surface area contributed by atoms with Crippen molar-refractivity contribution in [1.29, 1.82) is 0 Å². The van der Waals surface area contributed by atoms with E-state index in [1.54, 1.807) is 23.5 Å². The smallest absolute Gasteiger partial charge is 0.269 e. The van der Waals surface area contributed by atoms with Crippen molar-refractivity contribution in [2.75, 3.05) is 6.61 Å². The van der Waals surface area contributed by atoms with Crippen molar-refractivity contribution in [3.63, 3.8) is 0 Å². The van der Waals surface area contributed by atoms with E-state index in [2.05, 4.69) is 5.32 Å². The maximum atomic E-state index is 10.6. The van der Waals surface area contributed by atoms with E-state index in [-0.39, 0.29) is 17.8 Å². The molecule has 5 nitrogen and oxygen atoms in total. The van der Waals surface area contributed by atoms with Gasteiger partial charge in [0.05, 0.1) is 11.5 Å². The standard InChI is InChI=1S/C15H18N2O3S/c1-15(2,10-18)16-9-13-7-8-14(21-13)11-3-5-12(6-4-11)17(19)20/h3-8,16,18H,9-10H2,1-2H3. The summed E-state index contributed by atoms with van der Waals surface area (Å²) in [6.07, 6.45) is 0. The van der Waals surface area contributed by atoms with Crippen molar-refractivity contribution in [1.82, 2.24) is 5.32 Å². The Hall–Kier alpha value is -1.76. The van der Waals surface area contributed by atoms with E-state index in [9.17, 15) is 15.2 Å². The normalized spacial score (nSPS) is 11.6. The molecule has 21 heavy (non-hydrogen) atoms. The number of thiophene rings is 1. The predicted molar refractivity (Wildman–Crippen MR) is 84.4 cm³/mol. The van der Waals surface area contributed by atoms with Gasteiger partial charge in [-0.05, 0) is 43.7 Å². The van der Waals surface area contributed by atoms with Gasteiger partial charge in [-0.25, -0.2) is 0 Å². The summed E-state index contributed by atoms with van der Waals surface area (Å²) < 4.78 is 0. The van der Waals surface area contributed by atoms with Crippen molar-refractivity contribution in [3.8, 4) is 10.4 Å². The SMILES string of the molecule is CC(C)(CO)NCc1ccc(-c2ccc([N+](=O)[O-])cc2)s1. The molecule has 0 aliphatic heterocycles. The van der Waals surface area contributed by atoms with E-state index in [1.807, 2.05) is 26.0 Å². The molecule has 0 spiro atoms. The molecule has 1 aromatic heterocycles. The number of non-ortho nitro benzene ring substituents is 1. The molecule has 112 valence electrons. The second kappa shape index (κ2) is 6.34. The first-order chi connectivity index (χ1) is 9.91. The summed E-state index contributed by atoms with van der Waals surface area (Å²) in [7, 11) is 0. The number of aliphatic hydroxyl groups is 1. The van der Waals surface area contributed by atoms with Crippen LogP contribution < -0.4 is 5.32 Å². The van der Waals surface area contributed by atoms with Crippen LogP contribution in [0.2, 0.25) is 0 Å². The molecule has 0 bridgehead atoms. The first-order valence-electron chi connectivity index (χ1n) is 6.61. The van der Waals surface area contributed by atoms with Gasteiger partial charge in [0.15, 0.2) is 0 Å². The quantitative estimate of drug-likeness (QED) is 0.635. The minimum Gasteiger partial charge on any atom is -0.394 e. The lowest BCUT2D eigenvalue weighted by atomic mass is 10.1. The van der Waals surface area contributed by atoms with Gasteiger partial charge in [-0.3, -0.25) is 10.1 Å². The van der Waals surface area contributed by atoms with Crippen molar-refractivity contribution < 1.29 is 10.0 Å². The van der Waals surface area contributed by atoms with Gasteiger partial charge in [-0.1, -0.05) is 0 Å². The zero-order chi connectivity index (χ0) is 15.5. The molecule has 0 aliphatic rings. The van der Waals surface area contributed by atoms with Crippen LogP contribution in [-0.4, -0.2) is 22.2 Å². The number of hydrogen-bond donors (Lipinski definition) is 2. The van der Waals surface area contributed by atoms with Gasteiger partial charge in [0.25, 0.3) is 5.69 Å². The van der Waals surface area contributed by atoms with Crippen LogP contribution >= 0.6 is 11.3 Å². The van der Waals surface area contributed by atoms with Crippen LogP contribution in [0.1, 0.15) is 18.7 Å². The van der Waals surface area contributed by atoms with Gasteiger partial charge < -0.3 is 10.4 Å². The highest BCUT2D eigenvalue weighted by molar-refractivity contribution is 7.15. The zero-order valence-corrected chi connectivity index (χ0v) is 12.8. The van der Waals surface area contributed by atoms with Crippen LogP contribution in [0.15, 0.2) is 36.4 Å². The Morgan fingerprint density at radius 2 is 1.90 bits per heavy atom. The summed E-state index contributed by atoms with van der Waals surface area (Å²) in [5.74, 6) is 0. The molecule has 0 unspecified atom stereocenters. The second-order valence-electron chi connectivity index (χ2n) is 5.47. The molecular formula is C15H18N2O3S. The molecule has 0 atom stereocenters. The van der Waals surface area contributed by atoms with Crippen LogP contribution in [0.3, 0.4) is 0 Å². The van der Waals surface area contributed by atoms with Gasteiger partial charge in [0.1, 0.15) is 0 Å². The summed E-state index contributed by atoms with van der Waals surface area (Å²) in [6.45, 7) is 4.65. The minimum absolute atomic E-state index is 0.0770. The average Bonchev–Trinajstić information content (AvgIpc) is 2.94. The third-order valence-corrected chi connectivity index (χ3v) is 4.30. The lowest BCUT2D eigenvalue weighted by molar-refractivity contribution is -0.384. The fraction of sp³-hybridized carbons (Fsp3) is 0.333. The molecule has 2 N–H and O–H groups in total. The van der Waals surface area contributed by atoms with Gasteiger partial charge in [0.2, 0.25) is 0 Å². The first kappa shape index (κ1) is 15.6. The Bertz CT molecular complexity index is 620. The monoisotopic (exact) mass is 306 g/mol. The summed E-state index contributed by atoms with van der Waals surface area (Å²) in [5, 5.41) is 23.1. The number of nitrogens with one attached hydrogen (secondary N) is 1. The fourth-order valence-corrected chi connectivity index (χ4v) is 2.71. The van der Waals surface area contributed by atoms with E-state index >= 15 is 0 Å². The van der Waals surface area contributed by atoms with Crippen LogP contribution in [0.4, 0.5) is 5.69 Å². The van der Waals surface area contributed by atoms with E-state index in [1.165, 1.54) is 12.1 Å². The van der Waals surface area contributed by atoms with Crippen molar-refractivity contribution in [3.05, 3.63) is 51.4 Å². The highest BCUT2D eigenvalue weighted by Gasteiger charge is 2.15. The second-order valence-corrected chi connectivity index (χ2v) is 6.63. The molecule has 0 fully saturated rings. The summed E-state index contributed by atoms with van der Waals surface area (Å²) >= 11 is 1.64. The number of benzene rings is 1. The van der Waals surface area contributed by atoms with Crippen LogP contribution in [0.5, 0.6) is 0 Å². The molecule has 2 aromatic rings. The van der Waals surface area contributed by atoms with E-state index in [0.29, 0.717) is 6.54 Å². The van der Waals surface area contributed by atoms with E-state index in [0.717, 1.165) is 15.3 Å². The van der Waals surface area contributed by atoms with Crippen molar-refractivity contribution >= 4 is 17.0 Å². The summed E-state index contributed by atoms with van der Waals surface area (Å²) in [4.78, 5) is 12.5. The highest BCUT2D eigenvalue weighted by Crippen LogP contribution is 2.29. The molecule has 0 saturated heterocycles. The van der Waals surface area contributed by atoms with Crippen LogP contribution in [-0.2, 0) is 6.54 Å². The van der Waals surface area contributed by atoms with Crippen molar-refractivity contribution in [2.24, 2.45) is 0 Å². The highest BCUT2D eigenvalue weighted by atomic mass is 32.1. The molecule has 6 heteroatoms. The topological polar surface area (TPSA) is 75.4 Å². The Balaban J connectivity index is 2.07. The number of nitro groups is 1. The predicted octanol–water partition coefficient (Wildman–Crippen LogP) is 3.18. The van der Waals surface area contributed by atoms with E-state index < -0.39 is 4.92 Å². The molecular weight excluding hydrogens is 288 g/mol. The average molecular weight is 306 g/mol.